The molecule has 1 atom stereocenters. The molecule has 0 aliphatic heterocycles. The fourth-order valence-corrected chi connectivity index (χ4v) is 2.23. The van der Waals surface area contributed by atoms with Crippen molar-refractivity contribution in [2.24, 2.45) is 10.9 Å². The summed E-state index contributed by atoms with van der Waals surface area (Å²) in [6.45, 7) is 2.92. The Hall–Kier alpha value is -2.33. The molecule has 0 aliphatic carbocycles. The van der Waals surface area contributed by atoms with E-state index in [1.807, 2.05) is 30.3 Å². The van der Waals surface area contributed by atoms with Gasteiger partial charge in [-0.3, -0.25) is 0 Å². The van der Waals surface area contributed by atoms with E-state index in [0.29, 0.717) is 6.04 Å². The van der Waals surface area contributed by atoms with Crippen molar-refractivity contribution in [1.29, 1.82) is 0 Å². The van der Waals surface area contributed by atoms with Gasteiger partial charge in [-0.2, -0.15) is 0 Å². The van der Waals surface area contributed by atoms with Crippen molar-refractivity contribution in [3.05, 3.63) is 71.3 Å². The van der Waals surface area contributed by atoms with Crippen molar-refractivity contribution in [2.75, 3.05) is 0 Å². The van der Waals surface area contributed by atoms with Gasteiger partial charge in [0.05, 0.1) is 0 Å². The molecule has 2 aromatic rings. The van der Waals surface area contributed by atoms with Gasteiger partial charge in [0.2, 0.25) is 0 Å². The van der Waals surface area contributed by atoms with E-state index >= 15 is 0 Å². The van der Waals surface area contributed by atoms with Crippen LogP contribution >= 0.6 is 0 Å². The Morgan fingerprint density at radius 2 is 1.86 bits per heavy atom. The molecule has 4 nitrogen and oxygen atoms in total. The molecule has 0 radical (unpaired) electrons. The molecule has 2 aromatic carbocycles. The molecule has 4 N–H and O–H groups in total. The molecule has 2 rings (SSSR count). The second kappa shape index (κ2) is 7.45. The zero-order valence-electron chi connectivity index (χ0n) is 12.2. The molecule has 0 saturated heterocycles. The Morgan fingerprint density at radius 1 is 1.14 bits per heavy atom. The molecule has 0 aromatic heterocycles. The van der Waals surface area contributed by atoms with E-state index in [-0.39, 0.29) is 5.84 Å². The van der Waals surface area contributed by atoms with Gasteiger partial charge < -0.3 is 16.3 Å². The normalized spacial score (nSPS) is 13.1. The highest BCUT2D eigenvalue weighted by Gasteiger charge is 2.04. The third-order valence-corrected chi connectivity index (χ3v) is 3.37. The number of nitrogens with one attached hydrogen (secondary N) is 1. The predicted molar refractivity (Wildman–Crippen MR) is 85.4 cm³/mol. The van der Waals surface area contributed by atoms with Gasteiger partial charge in [-0.1, -0.05) is 53.7 Å². The maximum atomic E-state index is 8.71. The fraction of sp³-hybridized carbons (Fsp3) is 0.235. The molecule has 4 heteroatoms. The lowest BCUT2D eigenvalue weighted by Gasteiger charge is -2.14. The number of nitrogens with two attached hydrogens (primary N) is 1. The molecule has 0 amide bonds. The first-order valence-corrected chi connectivity index (χ1v) is 7.03. The maximum Gasteiger partial charge on any atom is 0.170 e. The minimum Gasteiger partial charge on any atom is -0.409 e. The largest absolute Gasteiger partial charge is 0.409 e. The number of amidine groups is 1. The highest BCUT2D eigenvalue weighted by atomic mass is 16.4. The van der Waals surface area contributed by atoms with Crippen molar-refractivity contribution >= 4 is 5.84 Å². The SMILES string of the molecule is CC(Cc1ccccc1)NCc1cccc(C(N)=NO)c1. The average Bonchev–Trinajstić information content (AvgIpc) is 2.53. The van der Waals surface area contributed by atoms with E-state index in [4.69, 9.17) is 10.9 Å². The summed E-state index contributed by atoms with van der Waals surface area (Å²) in [5.41, 5.74) is 8.76. The molecule has 0 spiro atoms. The average molecular weight is 283 g/mol. The minimum absolute atomic E-state index is 0.134. The Bertz CT molecular complexity index is 596. The molecule has 0 bridgehead atoms. The summed E-state index contributed by atoms with van der Waals surface area (Å²) in [5.74, 6) is 0.134. The summed E-state index contributed by atoms with van der Waals surface area (Å²) in [6.07, 6.45) is 0.987. The van der Waals surface area contributed by atoms with E-state index in [1.165, 1.54) is 5.56 Å². The van der Waals surface area contributed by atoms with Crippen LogP contribution in [0.3, 0.4) is 0 Å². The lowest BCUT2D eigenvalue weighted by molar-refractivity contribution is 0.318. The van der Waals surface area contributed by atoms with Crippen molar-refractivity contribution < 1.29 is 5.21 Å². The fourth-order valence-electron chi connectivity index (χ4n) is 2.23. The van der Waals surface area contributed by atoms with Crippen LogP contribution in [0.15, 0.2) is 59.8 Å². The van der Waals surface area contributed by atoms with Crippen LogP contribution in [0.4, 0.5) is 0 Å². The van der Waals surface area contributed by atoms with E-state index in [2.05, 4.69) is 41.7 Å². The monoisotopic (exact) mass is 283 g/mol. The number of benzene rings is 2. The standard InChI is InChI=1S/C17H21N3O/c1-13(10-14-6-3-2-4-7-14)19-12-15-8-5-9-16(11-15)17(18)20-21/h2-9,11,13,19,21H,10,12H2,1H3,(H2,18,20). The molecule has 0 aliphatic rings. The molecule has 110 valence electrons. The van der Waals surface area contributed by atoms with Crippen molar-refractivity contribution in [3.63, 3.8) is 0 Å². The van der Waals surface area contributed by atoms with Gasteiger partial charge in [0.15, 0.2) is 5.84 Å². The van der Waals surface area contributed by atoms with Gasteiger partial charge >= 0.3 is 0 Å². The first-order valence-electron chi connectivity index (χ1n) is 7.03. The number of hydrogen-bond donors (Lipinski definition) is 3. The molecule has 0 fully saturated rings. The predicted octanol–water partition coefficient (Wildman–Crippen LogP) is 2.50. The number of rotatable bonds is 6. The van der Waals surface area contributed by atoms with Gasteiger partial charge in [0, 0.05) is 18.2 Å². The summed E-state index contributed by atoms with van der Waals surface area (Å²) in [5, 5.41) is 15.2. The third-order valence-electron chi connectivity index (χ3n) is 3.37. The van der Waals surface area contributed by atoms with E-state index in [0.717, 1.165) is 24.1 Å². The molecular weight excluding hydrogens is 262 g/mol. The van der Waals surface area contributed by atoms with Gasteiger partial charge in [0.25, 0.3) is 0 Å². The van der Waals surface area contributed by atoms with Crippen molar-refractivity contribution in [1.82, 2.24) is 5.32 Å². The quantitative estimate of drug-likeness (QED) is 0.330. The number of nitrogens with zero attached hydrogens (tertiary/aromatic N) is 1. The van der Waals surface area contributed by atoms with Crippen LogP contribution in [0.1, 0.15) is 23.6 Å². The zero-order valence-corrected chi connectivity index (χ0v) is 12.2. The van der Waals surface area contributed by atoms with Crippen LogP contribution in [0.2, 0.25) is 0 Å². The Labute approximate surface area is 125 Å². The summed E-state index contributed by atoms with van der Waals surface area (Å²) in [6, 6.07) is 18.5. The number of oxime groups is 1. The van der Waals surface area contributed by atoms with E-state index in [1.54, 1.807) is 0 Å². The first-order chi connectivity index (χ1) is 10.2. The Kier molecular flexibility index (Phi) is 5.35. The second-order valence-electron chi connectivity index (χ2n) is 5.16. The smallest absolute Gasteiger partial charge is 0.170 e. The van der Waals surface area contributed by atoms with Gasteiger partial charge in [-0.15, -0.1) is 0 Å². The molecular formula is C17H21N3O. The zero-order chi connectivity index (χ0) is 15.1. The molecule has 1 unspecified atom stereocenters. The van der Waals surface area contributed by atoms with Crippen molar-refractivity contribution in [2.45, 2.75) is 25.9 Å². The van der Waals surface area contributed by atoms with Crippen LogP contribution in [0.25, 0.3) is 0 Å². The van der Waals surface area contributed by atoms with Crippen molar-refractivity contribution in [3.8, 4) is 0 Å². The van der Waals surface area contributed by atoms with Crippen LogP contribution in [-0.4, -0.2) is 17.1 Å². The van der Waals surface area contributed by atoms with Gasteiger partial charge in [-0.05, 0) is 30.5 Å². The lowest BCUT2D eigenvalue weighted by atomic mass is 10.1. The molecule has 0 heterocycles. The highest BCUT2D eigenvalue weighted by Crippen LogP contribution is 2.07. The lowest BCUT2D eigenvalue weighted by Crippen LogP contribution is -2.27. The van der Waals surface area contributed by atoms with Crippen LogP contribution in [-0.2, 0) is 13.0 Å². The summed E-state index contributed by atoms with van der Waals surface area (Å²) in [7, 11) is 0. The topological polar surface area (TPSA) is 70.6 Å². The summed E-state index contributed by atoms with van der Waals surface area (Å²) in [4.78, 5) is 0. The third kappa shape index (κ3) is 4.61. The highest BCUT2D eigenvalue weighted by molar-refractivity contribution is 5.97. The van der Waals surface area contributed by atoms with E-state index < -0.39 is 0 Å². The second-order valence-corrected chi connectivity index (χ2v) is 5.16. The van der Waals surface area contributed by atoms with Crippen LogP contribution in [0, 0.1) is 0 Å². The molecule has 0 saturated carbocycles. The van der Waals surface area contributed by atoms with Gasteiger partial charge in [-0.25, -0.2) is 0 Å². The number of hydrogen-bond acceptors (Lipinski definition) is 3. The Balaban J connectivity index is 1.91. The van der Waals surface area contributed by atoms with Crippen LogP contribution < -0.4 is 11.1 Å². The maximum absolute atomic E-state index is 8.71. The van der Waals surface area contributed by atoms with Gasteiger partial charge in [0.1, 0.15) is 0 Å². The minimum atomic E-state index is 0.134. The summed E-state index contributed by atoms with van der Waals surface area (Å²) >= 11 is 0. The Morgan fingerprint density at radius 3 is 2.57 bits per heavy atom. The first kappa shape index (κ1) is 15.1. The van der Waals surface area contributed by atoms with E-state index in [9.17, 15) is 0 Å². The summed E-state index contributed by atoms with van der Waals surface area (Å²) < 4.78 is 0. The molecule has 21 heavy (non-hydrogen) atoms. The van der Waals surface area contributed by atoms with Crippen LogP contribution in [0.5, 0.6) is 0 Å².